The summed E-state index contributed by atoms with van der Waals surface area (Å²) in [5.74, 6) is 0.101. The number of rotatable bonds is 3. The molecule has 3 aromatic heterocycles. The summed E-state index contributed by atoms with van der Waals surface area (Å²) in [4.78, 5) is 27.3. The van der Waals surface area contributed by atoms with Gasteiger partial charge in [0.05, 0.1) is 17.5 Å². The lowest BCUT2D eigenvalue weighted by Crippen LogP contribution is -2.15. The predicted molar refractivity (Wildman–Crippen MR) is 77.7 cm³/mol. The maximum atomic E-state index is 11.3. The smallest absolute Gasteiger partial charge is 0.413 e. The Hall–Kier alpha value is -2.74. The first-order chi connectivity index (χ1) is 10.2. The Bertz CT molecular complexity index is 824. The van der Waals surface area contributed by atoms with Crippen molar-refractivity contribution < 1.29 is 14.3 Å². The summed E-state index contributed by atoms with van der Waals surface area (Å²) >= 11 is 1.33. The van der Waals surface area contributed by atoms with Crippen LogP contribution in [0.3, 0.4) is 0 Å². The van der Waals surface area contributed by atoms with Crippen molar-refractivity contribution >= 4 is 35.2 Å². The van der Waals surface area contributed by atoms with E-state index in [0.29, 0.717) is 16.1 Å². The van der Waals surface area contributed by atoms with E-state index < -0.39 is 6.09 Å². The number of amides is 1. The number of carbonyl (C=O) groups excluding carboxylic acids is 2. The molecule has 0 spiro atoms. The Morgan fingerprint density at radius 3 is 3.10 bits per heavy atom. The molecule has 1 amide bonds. The number of anilines is 1. The molecule has 7 nitrogen and oxygen atoms in total. The Balaban J connectivity index is 2.18. The van der Waals surface area contributed by atoms with E-state index >= 15 is 0 Å². The van der Waals surface area contributed by atoms with Gasteiger partial charge in [-0.2, -0.15) is 0 Å². The molecule has 1 N–H and O–H groups in total. The average Bonchev–Trinajstić information content (AvgIpc) is 3.14. The van der Waals surface area contributed by atoms with Gasteiger partial charge in [-0.25, -0.2) is 14.3 Å². The highest BCUT2D eigenvalue weighted by molar-refractivity contribution is 7.12. The summed E-state index contributed by atoms with van der Waals surface area (Å²) in [6.45, 7) is 0. The molecule has 106 valence electrons. The maximum absolute atomic E-state index is 11.3. The van der Waals surface area contributed by atoms with Crippen molar-refractivity contribution in [2.45, 2.75) is 0 Å². The van der Waals surface area contributed by atoms with E-state index in [1.807, 2.05) is 23.6 Å². The summed E-state index contributed by atoms with van der Waals surface area (Å²) in [5.41, 5.74) is 2.02. The number of thiophene rings is 1. The maximum Gasteiger partial charge on any atom is 0.413 e. The van der Waals surface area contributed by atoms with E-state index in [0.717, 1.165) is 11.8 Å². The number of methoxy groups -OCH3 is 1. The van der Waals surface area contributed by atoms with Crippen LogP contribution in [0.5, 0.6) is 0 Å². The average molecular weight is 302 g/mol. The van der Waals surface area contributed by atoms with Gasteiger partial charge in [0.25, 0.3) is 5.95 Å². The van der Waals surface area contributed by atoms with Crippen LogP contribution >= 0.6 is 11.3 Å². The minimum atomic E-state index is -0.659. The Morgan fingerprint density at radius 1 is 1.48 bits per heavy atom. The van der Waals surface area contributed by atoms with Crippen LogP contribution in [-0.2, 0) is 4.74 Å². The van der Waals surface area contributed by atoms with Gasteiger partial charge >= 0.3 is 6.09 Å². The number of nitrogens with zero attached hydrogens (tertiary/aromatic N) is 3. The minimum Gasteiger partial charge on any atom is -0.453 e. The van der Waals surface area contributed by atoms with Crippen LogP contribution in [0.15, 0.2) is 29.8 Å². The number of nitrogens with one attached hydrogen (secondary N) is 1. The Morgan fingerprint density at radius 2 is 2.33 bits per heavy atom. The van der Waals surface area contributed by atoms with Gasteiger partial charge in [0, 0.05) is 11.8 Å². The third kappa shape index (κ3) is 2.36. The lowest BCUT2D eigenvalue weighted by molar-refractivity contribution is 0.112. The van der Waals surface area contributed by atoms with Crippen molar-refractivity contribution in [2.75, 3.05) is 12.4 Å². The van der Waals surface area contributed by atoms with Crippen molar-refractivity contribution in [2.24, 2.45) is 0 Å². The summed E-state index contributed by atoms with van der Waals surface area (Å²) < 4.78 is 6.11. The first-order valence-corrected chi connectivity index (χ1v) is 6.84. The predicted octanol–water partition coefficient (Wildman–Crippen LogP) is 2.45. The number of hydrogen-bond acceptors (Lipinski definition) is 6. The van der Waals surface area contributed by atoms with E-state index in [1.54, 1.807) is 10.7 Å². The molecule has 0 radical (unpaired) electrons. The quantitative estimate of drug-likeness (QED) is 0.751. The fourth-order valence-electron chi connectivity index (χ4n) is 1.94. The van der Waals surface area contributed by atoms with Crippen LogP contribution < -0.4 is 5.32 Å². The van der Waals surface area contributed by atoms with Gasteiger partial charge in [0.1, 0.15) is 5.69 Å². The van der Waals surface area contributed by atoms with Crippen molar-refractivity contribution in [3.8, 4) is 11.3 Å². The van der Waals surface area contributed by atoms with Gasteiger partial charge in [-0.1, -0.05) is 0 Å². The van der Waals surface area contributed by atoms with Gasteiger partial charge in [-0.3, -0.25) is 10.1 Å². The SMILES string of the molecule is COC(=O)Nc1nc(-c2ccsc2C=O)c2cccn2n1. The van der Waals surface area contributed by atoms with Gasteiger partial charge in [-0.15, -0.1) is 16.4 Å². The molecular formula is C13H10N4O3S. The second-order valence-electron chi connectivity index (χ2n) is 4.05. The summed E-state index contributed by atoms with van der Waals surface area (Å²) in [5, 5.41) is 8.40. The Kier molecular flexibility index (Phi) is 3.36. The normalized spacial score (nSPS) is 10.5. The molecule has 0 aliphatic heterocycles. The highest BCUT2D eigenvalue weighted by atomic mass is 32.1. The highest BCUT2D eigenvalue weighted by Gasteiger charge is 2.15. The van der Waals surface area contributed by atoms with Crippen molar-refractivity contribution in [3.63, 3.8) is 0 Å². The molecule has 0 bridgehead atoms. The molecule has 0 atom stereocenters. The van der Waals surface area contributed by atoms with Crippen LogP contribution in [0.2, 0.25) is 0 Å². The number of aromatic nitrogens is 3. The largest absolute Gasteiger partial charge is 0.453 e. The van der Waals surface area contributed by atoms with E-state index in [-0.39, 0.29) is 5.95 Å². The summed E-state index contributed by atoms with van der Waals surface area (Å²) in [7, 11) is 1.26. The van der Waals surface area contributed by atoms with E-state index in [2.05, 4.69) is 20.1 Å². The molecule has 0 unspecified atom stereocenters. The van der Waals surface area contributed by atoms with Gasteiger partial charge in [-0.05, 0) is 23.6 Å². The second kappa shape index (κ2) is 5.33. The lowest BCUT2D eigenvalue weighted by atomic mass is 10.2. The molecule has 0 aliphatic rings. The molecule has 0 saturated carbocycles. The topological polar surface area (TPSA) is 85.6 Å². The molecule has 8 heteroatoms. The molecule has 3 heterocycles. The van der Waals surface area contributed by atoms with Gasteiger partial charge < -0.3 is 4.74 Å². The molecule has 21 heavy (non-hydrogen) atoms. The van der Waals surface area contributed by atoms with Crippen LogP contribution in [0.25, 0.3) is 16.8 Å². The molecular weight excluding hydrogens is 292 g/mol. The van der Waals surface area contributed by atoms with Crippen LogP contribution in [0.1, 0.15) is 9.67 Å². The second-order valence-corrected chi connectivity index (χ2v) is 5.00. The number of ether oxygens (including phenoxy) is 1. The standard InChI is InChI=1S/C13H10N4O3S/c1-20-13(19)15-12-14-11(8-4-6-21-10(8)7-18)9-3-2-5-17(9)16-12/h2-7H,1H3,(H,15,16,19). The Labute approximate surface area is 123 Å². The van der Waals surface area contributed by atoms with Crippen molar-refractivity contribution in [1.82, 2.24) is 14.6 Å². The molecule has 0 saturated heterocycles. The first kappa shape index (κ1) is 13.3. The molecule has 3 aromatic rings. The summed E-state index contributed by atoms with van der Waals surface area (Å²) in [6.07, 6.45) is 1.86. The number of fused-ring (bicyclic) bond motifs is 1. The van der Waals surface area contributed by atoms with Crippen LogP contribution in [-0.4, -0.2) is 34.1 Å². The van der Waals surface area contributed by atoms with Gasteiger partial charge in [0.2, 0.25) is 0 Å². The molecule has 0 fully saturated rings. The lowest BCUT2D eigenvalue weighted by Gasteiger charge is -2.07. The third-order valence-electron chi connectivity index (χ3n) is 2.85. The minimum absolute atomic E-state index is 0.101. The van der Waals surface area contributed by atoms with Crippen LogP contribution in [0, 0.1) is 0 Å². The zero-order chi connectivity index (χ0) is 14.8. The van der Waals surface area contributed by atoms with E-state index in [4.69, 9.17) is 0 Å². The highest BCUT2D eigenvalue weighted by Crippen LogP contribution is 2.29. The van der Waals surface area contributed by atoms with E-state index in [9.17, 15) is 9.59 Å². The zero-order valence-corrected chi connectivity index (χ0v) is 11.8. The number of hydrogen-bond donors (Lipinski definition) is 1. The monoisotopic (exact) mass is 302 g/mol. The molecule has 0 aromatic carbocycles. The fourth-order valence-corrected chi connectivity index (χ4v) is 2.63. The molecule has 3 rings (SSSR count). The molecule has 0 aliphatic carbocycles. The number of carbonyl (C=O) groups is 2. The first-order valence-electron chi connectivity index (χ1n) is 5.96. The van der Waals surface area contributed by atoms with E-state index in [1.165, 1.54) is 18.4 Å². The fraction of sp³-hybridized carbons (Fsp3) is 0.0769. The van der Waals surface area contributed by atoms with Crippen molar-refractivity contribution in [1.29, 1.82) is 0 Å². The number of aldehydes is 1. The zero-order valence-electron chi connectivity index (χ0n) is 10.9. The third-order valence-corrected chi connectivity index (χ3v) is 3.69. The summed E-state index contributed by atoms with van der Waals surface area (Å²) in [6, 6.07) is 5.46. The van der Waals surface area contributed by atoms with Gasteiger partial charge in [0.15, 0.2) is 6.29 Å². The van der Waals surface area contributed by atoms with Crippen molar-refractivity contribution in [3.05, 3.63) is 34.7 Å². The van der Waals surface area contributed by atoms with Crippen LogP contribution in [0.4, 0.5) is 10.7 Å².